The lowest BCUT2D eigenvalue weighted by Crippen LogP contribution is -2.39. The van der Waals surface area contributed by atoms with Crippen LogP contribution in [0.15, 0.2) is 0 Å². The molecule has 0 spiro atoms. The highest BCUT2D eigenvalue weighted by Gasteiger charge is 2.66. The van der Waals surface area contributed by atoms with E-state index in [2.05, 4.69) is 0 Å². The van der Waals surface area contributed by atoms with Crippen LogP contribution in [0.1, 0.15) is 6.42 Å². The molecule has 0 amide bonds. The minimum absolute atomic E-state index is 1.39. The van der Waals surface area contributed by atoms with Crippen LogP contribution in [-0.4, -0.2) is 51.5 Å². The summed E-state index contributed by atoms with van der Waals surface area (Å²) >= 11 is 0. The zero-order chi connectivity index (χ0) is 15.0. The second-order valence-electron chi connectivity index (χ2n) is 3.35. The van der Waals surface area contributed by atoms with Crippen LogP contribution < -0.4 is 0 Å². The summed E-state index contributed by atoms with van der Waals surface area (Å²) in [5, 5.41) is 8.65. The summed E-state index contributed by atoms with van der Waals surface area (Å²) in [6.45, 7) is 0. The molecular formula is C4H11O11P3. The van der Waals surface area contributed by atoms with Crippen LogP contribution in [0, 0.1) is 0 Å². The molecule has 0 aliphatic heterocycles. The van der Waals surface area contributed by atoms with Gasteiger partial charge >= 0.3 is 28.8 Å². The molecule has 7 N–H and O–H groups in total. The molecule has 0 radical (unpaired) electrons. The molecule has 0 bridgehead atoms. The van der Waals surface area contributed by atoms with Crippen molar-refractivity contribution in [2.45, 2.75) is 11.3 Å². The Balaban J connectivity index is 5.84. The molecule has 11 nitrogen and oxygen atoms in total. The molecular weight excluding hydrogens is 317 g/mol. The minimum atomic E-state index is -5.88. The maximum Gasteiger partial charge on any atom is 0.355 e. The number of carboxylic acid groups (broad SMARTS) is 1. The monoisotopic (exact) mass is 328 g/mol. The molecule has 0 saturated carbocycles. The average molecular weight is 328 g/mol. The summed E-state index contributed by atoms with van der Waals surface area (Å²) in [5.41, 5.74) is 0. The fourth-order valence-electron chi connectivity index (χ4n) is 1.12. The fraction of sp³-hybridized carbons (Fsp3) is 0.750. The molecule has 0 atom stereocenters. The smallest absolute Gasteiger partial charge is 0.355 e. The molecule has 0 aliphatic carbocycles. The molecule has 108 valence electrons. The molecule has 0 heterocycles. The average Bonchev–Trinajstić information content (AvgIpc) is 1.95. The first-order valence-electron chi connectivity index (χ1n) is 4.04. The van der Waals surface area contributed by atoms with E-state index in [9.17, 15) is 18.5 Å². The van der Waals surface area contributed by atoms with E-state index in [0.717, 1.165) is 0 Å². The molecule has 0 aromatic heterocycles. The van der Waals surface area contributed by atoms with E-state index < -0.39 is 46.2 Å². The Morgan fingerprint density at radius 1 is 0.889 bits per heavy atom. The Morgan fingerprint density at radius 2 is 1.22 bits per heavy atom. The lowest BCUT2D eigenvalue weighted by Gasteiger charge is -2.30. The molecule has 0 unspecified atom stereocenters. The topological polar surface area (TPSA) is 210 Å². The number of carboxylic acids is 1. The van der Waals surface area contributed by atoms with Gasteiger partial charge in [-0.1, -0.05) is 0 Å². The van der Waals surface area contributed by atoms with Crippen LogP contribution in [0.25, 0.3) is 0 Å². The Kier molecular flexibility index (Phi) is 5.10. The van der Waals surface area contributed by atoms with Crippen LogP contribution in [-0.2, 0) is 18.5 Å². The molecule has 0 aliphatic rings. The first-order chi connectivity index (χ1) is 7.65. The zero-order valence-electron chi connectivity index (χ0n) is 8.52. The third kappa shape index (κ3) is 3.71. The molecule has 0 fully saturated rings. The van der Waals surface area contributed by atoms with Crippen molar-refractivity contribution in [3.63, 3.8) is 0 Å². The predicted octanol–water partition coefficient (Wildman–Crippen LogP) is -1.31. The second kappa shape index (κ2) is 5.13. The van der Waals surface area contributed by atoms with Gasteiger partial charge in [0, 0.05) is 0 Å². The number of hydrogen-bond donors (Lipinski definition) is 7. The first kappa shape index (κ1) is 17.9. The molecule has 0 saturated heterocycles. The van der Waals surface area contributed by atoms with E-state index >= 15 is 0 Å². The third-order valence-electron chi connectivity index (χ3n) is 2.06. The van der Waals surface area contributed by atoms with Gasteiger partial charge in [0.15, 0.2) is 0 Å². The van der Waals surface area contributed by atoms with E-state index in [1.54, 1.807) is 0 Å². The van der Waals surface area contributed by atoms with Crippen molar-refractivity contribution in [1.29, 1.82) is 0 Å². The van der Waals surface area contributed by atoms with Gasteiger partial charge in [0.1, 0.15) is 0 Å². The Bertz CT molecular complexity index is 441. The summed E-state index contributed by atoms with van der Waals surface area (Å²) in [6.07, 6.45) is -2.96. The Hall–Kier alpha value is -0.0800. The third-order valence-corrected chi connectivity index (χ3v) is 7.18. The highest BCUT2D eigenvalue weighted by atomic mass is 31.2. The van der Waals surface area contributed by atoms with Crippen LogP contribution in [0.3, 0.4) is 0 Å². The van der Waals surface area contributed by atoms with Crippen molar-refractivity contribution in [3.05, 3.63) is 0 Å². The summed E-state index contributed by atoms with van der Waals surface area (Å²) in [4.78, 5) is 59.2. The normalized spacial score (nSPS) is 14.6. The van der Waals surface area contributed by atoms with E-state index in [-0.39, 0.29) is 0 Å². The number of aliphatic carboxylic acids is 1. The summed E-state index contributed by atoms with van der Waals surface area (Å²) in [5.74, 6) is -2.53. The highest BCUT2D eigenvalue weighted by Crippen LogP contribution is 2.71. The van der Waals surface area contributed by atoms with Gasteiger partial charge in [0.25, 0.3) is 4.90 Å². The van der Waals surface area contributed by atoms with Gasteiger partial charge < -0.3 is 34.5 Å². The number of rotatable bonds is 6. The van der Waals surface area contributed by atoms with Crippen molar-refractivity contribution >= 4 is 28.8 Å². The molecule has 18 heavy (non-hydrogen) atoms. The van der Waals surface area contributed by atoms with Crippen molar-refractivity contribution in [3.8, 4) is 0 Å². The predicted molar refractivity (Wildman–Crippen MR) is 56.0 cm³/mol. The molecule has 0 rings (SSSR count). The van der Waals surface area contributed by atoms with Crippen LogP contribution >= 0.6 is 22.8 Å². The number of hydrogen-bond acceptors (Lipinski definition) is 4. The lowest BCUT2D eigenvalue weighted by atomic mass is 10.3. The molecule has 0 aromatic rings. The van der Waals surface area contributed by atoms with E-state index in [1.807, 2.05) is 0 Å². The van der Waals surface area contributed by atoms with Crippen LogP contribution in [0.2, 0.25) is 0 Å². The van der Waals surface area contributed by atoms with E-state index in [0.29, 0.717) is 0 Å². The standard InChI is InChI=1S/C4H11O11P3/c5-3(6)4(17(10,11)12,18(13,14)15)1-2-16(7,8)9/h1-2H2,(H,5,6)(H2,7,8,9)(H2,10,11,12)(H2,13,14,15). The van der Waals surface area contributed by atoms with Gasteiger partial charge in [0.2, 0.25) is 0 Å². The number of carbonyl (C=O) groups is 1. The maximum atomic E-state index is 11.0. The highest BCUT2D eigenvalue weighted by molar-refractivity contribution is 7.74. The second-order valence-corrected chi connectivity index (χ2v) is 9.18. The van der Waals surface area contributed by atoms with Gasteiger partial charge in [-0.25, -0.2) is 0 Å². The van der Waals surface area contributed by atoms with E-state index in [4.69, 9.17) is 34.5 Å². The zero-order valence-corrected chi connectivity index (χ0v) is 11.2. The van der Waals surface area contributed by atoms with Crippen molar-refractivity contribution in [2.24, 2.45) is 0 Å². The molecule has 14 heteroatoms. The van der Waals surface area contributed by atoms with Crippen molar-refractivity contribution in [2.75, 3.05) is 6.16 Å². The quantitative estimate of drug-likeness (QED) is 0.284. The van der Waals surface area contributed by atoms with Crippen molar-refractivity contribution < 1.29 is 53.0 Å². The molecule has 0 aromatic carbocycles. The van der Waals surface area contributed by atoms with Gasteiger partial charge in [-0.2, -0.15) is 0 Å². The van der Waals surface area contributed by atoms with E-state index in [1.165, 1.54) is 0 Å². The van der Waals surface area contributed by atoms with Gasteiger partial charge in [-0.15, -0.1) is 0 Å². The maximum absolute atomic E-state index is 11.0. The van der Waals surface area contributed by atoms with Crippen LogP contribution in [0.5, 0.6) is 0 Å². The first-order valence-corrected chi connectivity index (χ1v) is 9.06. The van der Waals surface area contributed by atoms with Gasteiger partial charge in [-0.3, -0.25) is 18.5 Å². The van der Waals surface area contributed by atoms with Crippen LogP contribution in [0.4, 0.5) is 0 Å². The lowest BCUT2D eigenvalue weighted by molar-refractivity contribution is -0.138. The Labute approximate surface area is 99.9 Å². The summed E-state index contributed by atoms with van der Waals surface area (Å²) in [7, 11) is -16.6. The largest absolute Gasteiger partial charge is 0.480 e. The summed E-state index contributed by atoms with van der Waals surface area (Å²) < 4.78 is 32.6. The van der Waals surface area contributed by atoms with Gasteiger partial charge in [0.05, 0.1) is 6.16 Å². The van der Waals surface area contributed by atoms with Crippen molar-refractivity contribution in [1.82, 2.24) is 0 Å². The SMILES string of the molecule is O=C(O)C(CCP(=O)(O)O)(P(=O)(O)O)P(=O)(O)O. The summed E-state index contributed by atoms with van der Waals surface area (Å²) in [6, 6.07) is 0. The van der Waals surface area contributed by atoms with Gasteiger partial charge in [-0.05, 0) is 6.42 Å². The Morgan fingerprint density at radius 3 is 1.39 bits per heavy atom. The fourth-order valence-corrected chi connectivity index (χ4v) is 4.76. The minimum Gasteiger partial charge on any atom is -0.480 e.